The van der Waals surface area contributed by atoms with Gasteiger partial charge in [0.05, 0.1) is 29.4 Å². The van der Waals surface area contributed by atoms with E-state index in [4.69, 9.17) is 22.1 Å². The summed E-state index contributed by atoms with van der Waals surface area (Å²) >= 11 is 6.03. The quantitative estimate of drug-likeness (QED) is 0.450. The number of amides is 2. The Morgan fingerprint density at radius 3 is 2.47 bits per heavy atom. The lowest BCUT2D eigenvalue weighted by molar-refractivity contribution is 0.0600. The van der Waals surface area contributed by atoms with Crippen LogP contribution in [0.1, 0.15) is 31.1 Å². The van der Waals surface area contributed by atoms with Crippen LogP contribution in [0.15, 0.2) is 67.0 Å². The number of rotatable bonds is 5. The topological polar surface area (TPSA) is 116 Å². The summed E-state index contributed by atoms with van der Waals surface area (Å²) in [7, 11) is 1.25. The number of primary amides is 1. The SMILES string of the molecule is COC(=O)c1cc(NC(=O)c2ccn3ncc(-c4ccc(C(N)=O)cc4)c3c2)ccc1Cl. The molecule has 2 aromatic carbocycles. The Morgan fingerprint density at radius 1 is 1.03 bits per heavy atom. The van der Waals surface area contributed by atoms with Gasteiger partial charge in [-0.25, -0.2) is 9.31 Å². The van der Waals surface area contributed by atoms with Crippen molar-refractivity contribution in [1.29, 1.82) is 0 Å². The van der Waals surface area contributed by atoms with Crippen molar-refractivity contribution in [1.82, 2.24) is 9.61 Å². The zero-order valence-corrected chi connectivity index (χ0v) is 17.6. The molecule has 0 bridgehead atoms. The summed E-state index contributed by atoms with van der Waals surface area (Å²) in [5, 5.41) is 7.29. The maximum absolute atomic E-state index is 12.8. The van der Waals surface area contributed by atoms with Crippen LogP contribution in [0.25, 0.3) is 16.6 Å². The van der Waals surface area contributed by atoms with Gasteiger partial charge in [0.25, 0.3) is 5.91 Å². The highest BCUT2D eigenvalue weighted by Gasteiger charge is 2.15. The third-order valence-electron chi connectivity index (χ3n) is 4.89. The molecule has 0 saturated carbocycles. The third-order valence-corrected chi connectivity index (χ3v) is 5.22. The summed E-state index contributed by atoms with van der Waals surface area (Å²) < 4.78 is 6.35. The van der Waals surface area contributed by atoms with E-state index >= 15 is 0 Å². The van der Waals surface area contributed by atoms with Crippen LogP contribution in [0, 0.1) is 0 Å². The molecule has 0 aliphatic rings. The molecule has 2 amide bonds. The zero-order chi connectivity index (χ0) is 22.8. The normalized spacial score (nSPS) is 10.7. The number of carbonyl (C=O) groups excluding carboxylic acids is 3. The van der Waals surface area contributed by atoms with Crippen molar-refractivity contribution in [3.63, 3.8) is 0 Å². The van der Waals surface area contributed by atoms with Gasteiger partial charge >= 0.3 is 5.97 Å². The molecule has 4 rings (SSSR count). The lowest BCUT2D eigenvalue weighted by Crippen LogP contribution is -2.13. The number of fused-ring (bicyclic) bond motifs is 1. The molecule has 8 nitrogen and oxygen atoms in total. The maximum Gasteiger partial charge on any atom is 0.339 e. The molecule has 9 heteroatoms. The third kappa shape index (κ3) is 4.03. The largest absolute Gasteiger partial charge is 0.465 e. The first-order chi connectivity index (χ1) is 15.4. The molecule has 0 unspecified atom stereocenters. The minimum absolute atomic E-state index is 0.153. The number of benzene rings is 2. The first-order valence-electron chi connectivity index (χ1n) is 9.44. The van der Waals surface area contributed by atoms with E-state index in [2.05, 4.69) is 10.4 Å². The van der Waals surface area contributed by atoms with E-state index in [1.165, 1.54) is 19.2 Å². The summed E-state index contributed by atoms with van der Waals surface area (Å²) in [5.41, 5.74) is 8.96. The fourth-order valence-corrected chi connectivity index (χ4v) is 3.43. The van der Waals surface area contributed by atoms with E-state index in [0.29, 0.717) is 22.3 Å². The molecule has 160 valence electrons. The second kappa shape index (κ2) is 8.52. The number of nitrogens with two attached hydrogens (primary N) is 1. The van der Waals surface area contributed by atoms with Crippen molar-refractivity contribution in [2.24, 2.45) is 5.73 Å². The molecule has 0 atom stereocenters. The van der Waals surface area contributed by atoms with Crippen LogP contribution < -0.4 is 11.1 Å². The smallest absolute Gasteiger partial charge is 0.339 e. The number of hydrogen-bond donors (Lipinski definition) is 2. The fourth-order valence-electron chi connectivity index (χ4n) is 3.23. The van der Waals surface area contributed by atoms with Crippen molar-refractivity contribution in [3.8, 4) is 11.1 Å². The van der Waals surface area contributed by atoms with Gasteiger partial charge in [0, 0.05) is 28.6 Å². The van der Waals surface area contributed by atoms with Gasteiger partial charge in [0.2, 0.25) is 5.91 Å². The highest BCUT2D eigenvalue weighted by atomic mass is 35.5. The minimum Gasteiger partial charge on any atom is -0.465 e. The molecule has 2 aromatic heterocycles. The fraction of sp³-hybridized carbons (Fsp3) is 0.0435. The molecule has 0 aliphatic heterocycles. The average Bonchev–Trinajstić information content (AvgIpc) is 3.23. The van der Waals surface area contributed by atoms with Gasteiger partial charge in [0.1, 0.15) is 0 Å². The van der Waals surface area contributed by atoms with Crippen molar-refractivity contribution >= 4 is 40.6 Å². The van der Waals surface area contributed by atoms with Crippen LogP contribution >= 0.6 is 11.6 Å². The van der Waals surface area contributed by atoms with Crippen molar-refractivity contribution in [3.05, 3.63) is 88.7 Å². The van der Waals surface area contributed by atoms with E-state index < -0.39 is 11.9 Å². The number of anilines is 1. The van der Waals surface area contributed by atoms with Gasteiger partial charge in [0.15, 0.2) is 0 Å². The van der Waals surface area contributed by atoms with Crippen LogP contribution in [0.2, 0.25) is 5.02 Å². The summed E-state index contributed by atoms with van der Waals surface area (Å²) in [5.74, 6) is -1.48. The molecule has 4 aromatic rings. The van der Waals surface area contributed by atoms with Crippen LogP contribution in [-0.4, -0.2) is 34.5 Å². The van der Waals surface area contributed by atoms with Crippen LogP contribution in [0.5, 0.6) is 0 Å². The van der Waals surface area contributed by atoms with Gasteiger partial charge in [-0.3, -0.25) is 9.59 Å². The van der Waals surface area contributed by atoms with Crippen LogP contribution in [0.3, 0.4) is 0 Å². The number of methoxy groups -OCH3 is 1. The number of hydrogen-bond acceptors (Lipinski definition) is 5. The van der Waals surface area contributed by atoms with Crippen LogP contribution in [0.4, 0.5) is 5.69 Å². The molecular formula is C23H17ClN4O4. The van der Waals surface area contributed by atoms with E-state index in [1.807, 2.05) is 0 Å². The standard InChI is InChI=1S/C23H17ClN4O4/c1-32-23(31)17-11-16(6-7-19(17)24)27-22(30)15-8-9-28-20(10-15)18(12-26-28)13-2-4-14(5-3-13)21(25)29/h2-12H,1H3,(H2,25,29)(H,27,30). The monoisotopic (exact) mass is 448 g/mol. The number of aromatic nitrogens is 2. The number of carbonyl (C=O) groups is 3. The number of ether oxygens (including phenoxy) is 1. The molecule has 0 aliphatic carbocycles. The molecule has 32 heavy (non-hydrogen) atoms. The summed E-state index contributed by atoms with van der Waals surface area (Å²) in [6, 6.07) is 14.7. The van der Waals surface area contributed by atoms with E-state index in [-0.39, 0.29) is 16.5 Å². The predicted molar refractivity (Wildman–Crippen MR) is 120 cm³/mol. The number of nitrogens with one attached hydrogen (secondary N) is 1. The molecule has 3 N–H and O–H groups in total. The molecule has 0 radical (unpaired) electrons. The summed E-state index contributed by atoms with van der Waals surface area (Å²) in [6.07, 6.45) is 3.35. The maximum atomic E-state index is 12.8. The van der Waals surface area contributed by atoms with Crippen LogP contribution in [-0.2, 0) is 4.74 Å². The van der Waals surface area contributed by atoms with Gasteiger partial charge in [-0.15, -0.1) is 0 Å². The molecule has 0 fully saturated rings. The second-order valence-electron chi connectivity index (χ2n) is 6.89. The first kappa shape index (κ1) is 21.1. The minimum atomic E-state index is -0.598. The Bertz CT molecular complexity index is 1360. The summed E-state index contributed by atoms with van der Waals surface area (Å²) in [4.78, 5) is 36.0. The Morgan fingerprint density at radius 2 is 1.78 bits per heavy atom. The van der Waals surface area contributed by atoms with E-state index in [9.17, 15) is 14.4 Å². The zero-order valence-electron chi connectivity index (χ0n) is 16.8. The lowest BCUT2D eigenvalue weighted by atomic mass is 10.0. The van der Waals surface area contributed by atoms with Gasteiger partial charge in [-0.2, -0.15) is 5.10 Å². The highest BCUT2D eigenvalue weighted by Crippen LogP contribution is 2.26. The number of halogens is 1. The van der Waals surface area contributed by atoms with Gasteiger partial charge in [-0.1, -0.05) is 23.7 Å². The number of nitrogens with zero attached hydrogens (tertiary/aromatic N) is 2. The Hall–Kier alpha value is -4.17. The van der Waals surface area contributed by atoms with E-state index in [1.54, 1.807) is 59.4 Å². The highest BCUT2D eigenvalue weighted by molar-refractivity contribution is 6.33. The Kier molecular flexibility index (Phi) is 5.61. The molecule has 0 saturated heterocycles. The number of esters is 1. The second-order valence-corrected chi connectivity index (χ2v) is 7.29. The van der Waals surface area contributed by atoms with E-state index in [0.717, 1.165) is 11.1 Å². The van der Waals surface area contributed by atoms with Gasteiger partial charge < -0.3 is 15.8 Å². The first-order valence-corrected chi connectivity index (χ1v) is 9.82. The molecule has 2 heterocycles. The number of pyridine rings is 1. The molecular weight excluding hydrogens is 432 g/mol. The lowest BCUT2D eigenvalue weighted by Gasteiger charge is -2.09. The van der Waals surface area contributed by atoms with Gasteiger partial charge in [-0.05, 0) is 48.0 Å². The predicted octanol–water partition coefficient (Wildman–Crippen LogP) is 3.79. The van der Waals surface area contributed by atoms with Crippen molar-refractivity contribution in [2.45, 2.75) is 0 Å². The Labute approximate surface area is 187 Å². The summed E-state index contributed by atoms with van der Waals surface area (Å²) in [6.45, 7) is 0. The average molecular weight is 449 g/mol. The van der Waals surface area contributed by atoms with Crippen molar-refractivity contribution in [2.75, 3.05) is 12.4 Å². The Balaban J connectivity index is 1.64. The van der Waals surface area contributed by atoms with Crippen molar-refractivity contribution < 1.29 is 19.1 Å². The molecule has 0 spiro atoms.